The molecule has 192 valence electrons. The van der Waals surface area contributed by atoms with Gasteiger partial charge in [-0.2, -0.15) is 0 Å². The van der Waals surface area contributed by atoms with E-state index in [1.54, 1.807) is 12.7 Å². The van der Waals surface area contributed by atoms with E-state index in [1.807, 2.05) is 44.3 Å². The number of carbonyl (C=O) groups excluding carboxylic acids is 1. The Morgan fingerprint density at radius 2 is 1.57 bits per heavy atom. The van der Waals surface area contributed by atoms with Crippen LogP contribution in [-0.4, -0.2) is 70.3 Å². The number of aromatic nitrogens is 6. The number of carbonyl (C=O) groups is 1. The average Bonchev–Trinajstić information content (AvgIpc) is 3.62. The van der Waals surface area contributed by atoms with Gasteiger partial charge in [0.25, 0.3) is 0 Å². The second kappa shape index (κ2) is 8.87. The summed E-state index contributed by atoms with van der Waals surface area (Å²) in [5, 5.41) is 20.0. The van der Waals surface area contributed by atoms with E-state index in [2.05, 4.69) is 30.3 Å². The van der Waals surface area contributed by atoms with Crippen LogP contribution < -0.4 is 5.32 Å². The summed E-state index contributed by atoms with van der Waals surface area (Å²) < 4.78 is 9.61. The minimum absolute atomic E-state index is 0.00278. The van der Waals surface area contributed by atoms with Crippen LogP contribution in [0.4, 0.5) is 4.79 Å². The molecular weight excluding hydrogens is 444 g/mol. The van der Waals surface area contributed by atoms with Crippen LogP contribution in [0, 0.1) is 0 Å². The quantitative estimate of drug-likeness (QED) is 0.698. The van der Waals surface area contributed by atoms with Crippen molar-refractivity contribution in [2.24, 2.45) is 14.1 Å². The molecule has 35 heavy (non-hydrogen) atoms. The summed E-state index contributed by atoms with van der Waals surface area (Å²) in [6.07, 6.45) is 12.6. The van der Waals surface area contributed by atoms with Gasteiger partial charge >= 0.3 is 6.09 Å². The zero-order valence-electron chi connectivity index (χ0n) is 21.8. The average molecular weight is 485 g/mol. The molecule has 2 atom stereocenters. The highest BCUT2D eigenvalue weighted by Gasteiger charge is 2.55. The zero-order chi connectivity index (χ0) is 24.8. The molecular formula is C25H40N8O2. The largest absolute Gasteiger partial charge is 0.444 e. The molecule has 0 aromatic carbocycles. The first kappa shape index (κ1) is 24.2. The lowest BCUT2D eigenvalue weighted by Gasteiger charge is -2.40. The molecule has 0 radical (unpaired) electrons. The number of aryl methyl sites for hydroxylation is 2. The second-order valence-corrected chi connectivity index (χ2v) is 12.0. The summed E-state index contributed by atoms with van der Waals surface area (Å²) in [5.41, 5.74) is 0.0413. The molecule has 2 aromatic heterocycles. The molecule has 4 fully saturated rings. The minimum atomic E-state index is -0.437. The number of piperidine rings is 2. The van der Waals surface area contributed by atoms with E-state index < -0.39 is 5.60 Å². The van der Waals surface area contributed by atoms with E-state index in [4.69, 9.17) is 4.74 Å². The van der Waals surface area contributed by atoms with Gasteiger partial charge in [-0.25, -0.2) is 4.79 Å². The van der Waals surface area contributed by atoms with Gasteiger partial charge in [-0.3, -0.25) is 0 Å². The van der Waals surface area contributed by atoms with Crippen LogP contribution in [0.5, 0.6) is 0 Å². The Hall–Kier alpha value is -2.49. The molecule has 2 aromatic rings. The lowest BCUT2D eigenvalue weighted by atomic mass is 9.88. The third-order valence-electron chi connectivity index (χ3n) is 8.05. The first-order valence-corrected chi connectivity index (χ1v) is 13.0. The zero-order valence-corrected chi connectivity index (χ0v) is 21.8. The number of amides is 1. The minimum Gasteiger partial charge on any atom is -0.444 e. The Bertz CT molecular complexity index is 1050. The monoisotopic (exact) mass is 484 g/mol. The maximum absolute atomic E-state index is 12.4. The number of hydrogen-bond donors (Lipinski definition) is 1. The van der Waals surface area contributed by atoms with Gasteiger partial charge in [0.05, 0.1) is 0 Å². The molecule has 10 nitrogen and oxygen atoms in total. The summed E-state index contributed by atoms with van der Waals surface area (Å²) in [6, 6.07) is 0. The van der Waals surface area contributed by atoms with Crippen LogP contribution in [0.25, 0.3) is 0 Å². The van der Waals surface area contributed by atoms with Crippen LogP contribution in [-0.2, 0) is 18.8 Å². The van der Waals surface area contributed by atoms with Gasteiger partial charge in [-0.15, -0.1) is 20.4 Å². The second-order valence-electron chi connectivity index (χ2n) is 12.0. The highest BCUT2D eigenvalue weighted by Crippen LogP contribution is 2.52. The molecule has 6 rings (SSSR count). The molecule has 2 spiro atoms. The van der Waals surface area contributed by atoms with Crippen molar-refractivity contribution < 1.29 is 9.53 Å². The summed E-state index contributed by atoms with van der Waals surface area (Å²) in [5.74, 6) is 3.20. The fraction of sp³-hybridized carbons (Fsp3) is 0.800. The number of rotatable bonds is 2. The molecule has 10 heteroatoms. The fourth-order valence-corrected chi connectivity index (χ4v) is 5.87. The third-order valence-corrected chi connectivity index (χ3v) is 8.05. The van der Waals surface area contributed by atoms with Crippen molar-refractivity contribution in [2.45, 2.75) is 101 Å². The number of likely N-dealkylation sites (tertiary alicyclic amines) is 1. The smallest absolute Gasteiger partial charge is 0.410 e. The fourth-order valence-electron chi connectivity index (χ4n) is 5.87. The first-order valence-electron chi connectivity index (χ1n) is 13.0. The van der Waals surface area contributed by atoms with Crippen molar-refractivity contribution in [3.63, 3.8) is 0 Å². The van der Waals surface area contributed by atoms with Gasteiger partial charge in [0.15, 0.2) is 0 Å². The number of hydrogen-bond acceptors (Lipinski definition) is 7. The number of nitrogens with zero attached hydrogens (tertiary/aromatic N) is 7. The van der Waals surface area contributed by atoms with Gasteiger partial charge in [0.1, 0.15) is 29.9 Å². The summed E-state index contributed by atoms with van der Waals surface area (Å²) in [4.78, 5) is 14.3. The van der Waals surface area contributed by atoms with Gasteiger partial charge < -0.3 is 24.1 Å². The van der Waals surface area contributed by atoms with E-state index in [0.717, 1.165) is 50.4 Å². The van der Waals surface area contributed by atoms with Gasteiger partial charge in [0.2, 0.25) is 0 Å². The van der Waals surface area contributed by atoms with E-state index in [-0.39, 0.29) is 11.6 Å². The normalized spacial score (nSPS) is 26.3. The Labute approximate surface area is 207 Å². The van der Waals surface area contributed by atoms with Crippen molar-refractivity contribution in [2.75, 3.05) is 13.1 Å². The van der Waals surface area contributed by atoms with E-state index in [0.29, 0.717) is 17.4 Å². The SMILES string of the molecule is Cn1cnnc1C1CCN(C(=O)OC(C)(C)C)C2(CC2)C1.Cn1cnnc1C1CCNC2(CC2)C1. The highest BCUT2D eigenvalue weighted by molar-refractivity contribution is 5.70. The van der Waals surface area contributed by atoms with E-state index in [9.17, 15) is 4.79 Å². The van der Waals surface area contributed by atoms with Crippen molar-refractivity contribution in [1.82, 2.24) is 39.7 Å². The van der Waals surface area contributed by atoms with Crippen LogP contribution >= 0.6 is 0 Å². The van der Waals surface area contributed by atoms with E-state index in [1.165, 1.54) is 25.7 Å². The molecule has 2 aliphatic heterocycles. The van der Waals surface area contributed by atoms with Gasteiger partial charge in [0, 0.05) is 43.6 Å². The Morgan fingerprint density at radius 3 is 2.06 bits per heavy atom. The third kappa shape index (κ3) is 5.22. The summed E-state index contributed by atoms with van der Waals surface area (Å²) in [6.45, 7) is 7.62. The van der Waals surface area contributed by atoms with Crippen LogP contribution in [0.2, 0.25) is 0 Å². The maximum atomic E-state index is 12.4. The van der Waals surface area contributed by atoms with E-state index >= 15 is 0 Å². The van der Waals surface area contributed by atoms with Crippen LogP contribution in [0.1, 0.15) is 95.6 Å². The predicted molar refractivity (Wildman–Crippen MR) is 131 cm³/mol. The standard InChI is InChI=1S/C15H24N4O2.C10H16N4/c1-14(2,3)21-13(20)19-8-5-11(9-15(19)6-7-15)12-17-16-10-18(12)4;1-14-7-12-13-9(14)8-2-5-11-10(6-8)3-4-10/h10-11H,5-9H2,1-4H3;7-8,11H,2-6H2,1H3. The first-order chi connectivity index (χ1) is 16.6. The van der Waals surface area contributed by atoms with Crippen molar-refractivity contribution >= 4 is 6.09 Å². The Morgan fingerprint density at radius 1 is 0.971 bits per heavy atom. The van der Waals surface area contributed by atoms with Crippen LogP contribution in [0.15, 0.2) is 12.7 Å². The maximum Gasteiger partial charge on any atom is 0.410 e. The molecule has 4 heterocycles. The molecule has 2 unspecified atom stereocenters. The van der Waals surface area contributed by atoms with Crippen molar-refractivity contribution in [1.29, 1.82) is 0 Å². The van der Waals surface area contributed by atoms with Crippen molar-refractivity contribution in [3.8, 4) is 0 Å². The van der Waals surface area contributed by atoms with Crippen LogP contribution in [0.3, 0.4) is 0 Å². The molecule has 4 aliphatic rings. The molecule has 1 N–H and O–H groups in total. The Kier molecular flexibility index (Phi) is 6.14. The highest BCUT2D eigenvalue weighted by atomic mass is 16.6. The number of nitrogens with one attached hydrogen (secondary N) is 1. The Balaban J connectivity index is 0.000000156. The van der Waals surface area contributed by atoms with Gasteiger partial charge in [-0.05, 0) is 78.7 Å². The summed E-state index contributed by atoms with van der Waals surface area (Å²) >= 11 is 0. The molecule has 2 aliphatic carbocycles. The van der Waals surface area contributed by atoms with Gasteiger partial charge in [-0.1, -0.05) is 0 Å². The molecule has 2 saturated heterocycles. The molecule has 0 bridgehead atoms. The lowest BCUT2D eigenvalue weighted by Crippen LogP contribution is -2.49. The molecule has 2 saturated carbocycles. The number of ether oxygens (including phenoxy) is 1. The topological polar surface area (TPSA) is 103 Å². The lowest BCUT2D eigenvalue weighted by molar-refractivity contribution is 0.00331. The summed E-state index contributed by atoms with van der Waals surface area (Å²) in [7, 11) is 4.02. The molecule has 1 amide bonds. The van der Waals surface area contributed by atoms with Crippen molar-refractivity contribution in [3.05, 3.63) is 24.3 Å². The predicted octanol–water partition coefficient (Wildman–Crippen LogP) is 3.28.